The van der Waals surface area contributed by atoms with Crippen molar-refractivity contribution >= 4 is 11.6 Å². The SMILES string of the molecule is NCc1c(Cl)ccc2c1COCO2. The minimum absolute atomic E-state index is 0.304. The van der Waals surface area contributed by atoms with E-state index in [1.165, 1.54) is 0 Å². The number of rotatable bonds is 1. The molecule has 1 aliphatic rings. The van der Waals surface area contributed by atoms with Crippen LogP contribution in [0.5, 0.6) is 5.75 Å². The maximum atomic E-state index is 5.97. The molecule has 0 aromatic heterocycles. The number of hydrogen-bond donors (Lipinski definition) is 1. The van der Waals surface area contributed by atoms with E-state index in [1.54, 1.807) is 6.07 Å². The first-order valence-electron chi connectivity index (χ1n) is 4.04. The van der Waals surface area contributed by atoms with Gasteiger partial charge in [-0.05, 0) is 17.7 Å². The fourth-order valence-electron chi connectivity index (χ4n) is 1.41. The van der Waals surface area contributed by atoms with Crippen LogP contribution in [0.25, 0.3) is 0 Å². The Morgan fingerprint density at radius 3 is 3.08 bits per heavy atom. The van der Waals surface area contributed by atoms with Crippen LogP contribution in [0.15, 0.2) is 12.1 Å². The lowest BCUT2D eigenvalue weighted by molar-refractivity contribution is -0.0168. The molecule has 1 heterocycles. The second kappa shape index (κ2) is 3.54. The number of nitrogens with two attached hydrogens (primary N) is 1. The lowest BCUT2D eigenvalue weighted by atomic mass is 10.1. The first-order valence-corrected chi connectivity index (χ1v) is 4.41. The smallest absolute Gasteiger partial charge is 0.189 e. The molecule has 0 saturated carbocycles. The van der Waals surface area contributed by atoms with Gasteiger partial charge in [-0.25, -0.2) is 0 Å². The van der Waals surface area contributed by atoms with E-state index >= 15 is 0 Å². The monoisotopic (exact) mass is 199 g/mol. The van der Waals surface area contributed by atoms with Gasteiger partial charge in [0, 0.05) is 17.1 Å². The van der Waals surface area contributed by atoms with Crippen LogP contribution < -0.4 is 10.5 Å². The van der Waals surface area contributed by atoms with Crippen molar-refractivity contribution in [3.63, 3.8) is 0 Å². The molecule has 2 N–H and O–H groups in total. The summed E-state index contributed by atoms with van der Waals surface area (Å²) < 4.78 is 10.4. The van der Waals surface area contributed by atoms with Gasteiger partial charge in [0.1, 0.15) is 5.75 Å². The van der Waals surface area contributed by atoms with Crippen molar-refractivity contribution in [2.45, 2.75) is 13.2 Å². The summed E-state index contributed by atoms with van der Waals surface area (Å²) in [6, 6.07) is 3.65. The molecule has 2 rings (SSSR count). The summed E-state index contributed by atoms with van der Waals surface area (Å²) in [5.74, 6) is 0.830. The molecule has 0 bridgehead atoms. The van der Waals surface area contributed by atoms with Crippen molar-refractivity contribution in [3.05, 3.63) is 28.3 Å². The lowest BCUT2D eigenvalue weighted by Gasteiger charge is -2.20. The van der Waals surface area contributed by atoms with E-state index in [4.69, 9.17) is 26.8 Å². The van der Waals surface area contributed by atoms with E-state index in [2.05, 4.69) is 0 Å². The Hall–Kier alpha value is -0.770. The average Bonchev–Trinajstić information content (AvgIpc) is 2.18. The molecule has 1 aromatic rings. The summed E-state index contributed by atoms with van der Waals surface area (Å²) in [5.41, 5.74) is 7.47. The minimum atomic E-state index is 0.304. The summed E-state index contributed by atoms with van der Waals surface area (Å²) in [6.07, 6.45) is 0. The summed E-state index contributed by atoms with van der Waals surface area (Å²) >= 11 is 5.97. The molecule has 1 aliphatic heterocycles. The first-order chi connectivity index (χ1) is 6.33. The molecule has 0 unspecified atom stereocenters. The van der Waals surface area contributed by atoms with Crippen molar-refractivity contribution in [3.8, 4) is 5.75 Å². The molecule has 0 spiro atoms. The fraction of sp³-hybridized carbons (Fsp3) is 0.333. The van der Waals surface area contributed by atoms with Gasteiger partial charge in [-0.2, -0.15) is 0 Å². The maximum absolute atomic E-state index is 5.97. The molecule has 3 nitrogen and oxygen atoms in total. The zero-order valence-electron chi connectivity index (χ0n) is 7.05. The predicted octanol–water partition coefficient (Wildman–Crippen LogP) is 1.67. The lowest BCUT2D eigenvalue weighted by Crippen LogP contribution is -2.14. The van der Waals surface area contributed by atoms with Crippen LogP contribution in [0.2, 0.25) is 5.02 Å². The van der Waals surface area contributed by atoms with Gasteiger partial charge in [-0.1, -0.05) is 11.6 Å². The van der Waals surface area contributed by atoms with Crippen molar-refractivity contribution in [1.29, 1.82) is 0 Å². The minimum Gasteiger partial charge on any atom is -0.467 e. The van der Waals surface area contributed by atoms with E-state index < -0.39 is 0 Å². The van der Waals surface area contributed by atoms with Crippen molar-refractivity contribution in [2.75, 3.05) is 6.79 Å². The Morgan fingerprint density at radius 1 is 1.46 bits per heavy atom. The molecule has 4 heteroatoms. The van der Waals surface area contributed by atoms with E-state index in [1.807, 2.05) is 6.07 Å². The predicted molar refractivity (Wildman–Crippen MR) is 49.6 cm³/mol. The first kappa shape index (κ1) is 8.81. The molecule has 0 saturated heterocycles. The molecular formula is C9H10ClNO2. The van der Waals surface area contributed by atoms with Crippen molar-refractivity contribution in [2.24, 2.45) is 5.73 Å². The van der Waals surface area contributed by atoms with Gasteiger partial charge in [-0.3, -0.25) is 0 Å². The molecule has 1 aromatic carbocycles. The molecular weight excluding hydrogens is 190 g/mol. The topological polar surface area (TPSA) is 44.5 Å². The highest BCUT2D eigenvalue weighted by Gasteiger charge is 2.15. The quantitative estimate of drug-likeness (QED) is 0.748. The number of benzene rings is 1. The van der Waals surface area contributed by atoms with Crippen LogP contribution in [-0.2, 0) is 17.9 Å². The third-order valence-electron chi connectivity index (χ3n) is 2.08. The number of ether oxygens (including phenoxy) is 2. The largest absolute Gasteiger partial charge is 0.467 e. The van der Waals surface area contributed by atoms with Gasteiger partial charge in [0.05, 0.1) is 6.61 Å². The van der Waals surface area contributed by atoms with Crippen molar-refractivity contribution < 1.29 is 9.47 Å². The van der Waals surface area contributed by atoms with Crippen LogP contribution in [0.3, 0.4) is 0 Å². The van der Waals surface area contributed by atoms with Gasteiger partial charge in [0.15, 0.2) is 6.79 Å². The van der Waals surface area contributed by atoms with E-state index in [-0.39, 0.29) is 0 Å². The highest BCUT2D eigenvalue weighted by molar-refractivity contribution is 6.31. The Morgan fingerprint density at radius 2 is 2.31 bits per heavy atom. The van der Waals surface area contributed by atoms with Gasteiger partial charge in [0.25, 0.3) is 0 Å². The van der Waals surface area contributed by atoms with Crippen LogP contribution in [-0.4, -0.2) is 6.79 Å². The Kier molecular flexibility index (Phi) is 2.40. The average molecular weight is 200 g/mol. The summed E-state index contributed by atoms with van der Waals surface area (Å²) in [6.45, 7) is 1.25. The van der Waals surface area contributed by atoms with E-state index in [9.17, 15) is 0 Å². The molecule has 0 fully saturated rings. The second-order valence-electron chi connectivity index (χ2n) is 2.82. The van der Waals surface area contributed by atoms with Gasteiger partial charge in [0.2, 0.25) is 0 Å². The highest BCUT2D eigenvalue weighted by atomic mass is 35.5. The van der Waals surface area contributed by atoms with Gasteiger partial charge in [-0.15, -0.1) is 0 Å². The molecule has 0 aliphatic carbocycles. The van der Waals surface area contributed by atoms with Crippen molar-refractivity contribution in [1.82, 2.24) is 0 Å². The highest BCUT2D eigenvalue weighted by Crippen LogP contribution is 2.31. The zero-order valence-corrected chi connectivity index (χ0v) is 7.80. The number of halogens is 1. The normalized spacial score (nSPS) is 14.9. The molecule has 70 valence electrons. The molecule has 0 radical (unpaired) electrons. The zero-order chi connectivity index (χ0) is 9.26. The molecule has 13 heavy (non-hydrogen) atoms. The number of fused-ring (bicyclic) bond motifs is 1. The van der Waals surface area contributed by atoms with Gasteiger partial charge >= 0.3 is 0 Å². The van der Waals surface area contributed by atoms with Crippen LogP contribution in [0, 0.1) is 0 Å². The third-order valence-corrected chi connectivity index (χ3v) is 2.43. The van der Waals surface area contributed by atoms with Crippen LogP contribution in [0.1, 0.15) is 11.1 Å². The number of hydrogen-bond acceptors (Lipinski definition) is 3. The maximum Gasteiger partial charge on any atom is 0.189 e. The molecule has 0 atom stereocenters. The standard InChI is InChI=1S/C9H10ClNO2/c10-8-1-2-9-7(6(8)3-11)4-12-5-13-9/h1-2H,3-5,11H2. The van der Waals surface area contributed by atoms with E-state index in [0.29, 0.717) is 25.0 Å². The fourth-order valence-corrected chi connectivity index (χ4v) is 1.66. The molecule has 0 amide bonds. The van der Waals surface area contributed by atoms with E-state index in [0.717, 1.165) is 16.9 Å². The second-order valence-corrected chi connectivity index (χ2v) is 3.22. The van der Waals surface area contributed by atoms with Crippen LogP contribution in [0.4, 0.5) is 0 Å². The summed E-state index contributed by atoms with van der Waals surface area (Å²) in [4.78, 5) is 0. The van der Waals surface area contributed by atoms with Crippen LogP contribution >= 0.6 is 11.6 Å². The van der Waals surface area contributed by atoms with Gasteiger partial charge < -0.3 is 15.2 Å². The Bertz CT molecular complexity index is 328. The Labute approximate surface area is 81.4 Å². The Balaban J connectivity index is 2.52. The summed E-state index contributed by atoms with van der Waals surface area (Å²) in [7, 11) is 0. The summed E-state index contributed by atoms with van der Waals surface area (Å²) in [5, 5.41) is 0.676. The third kappa shape index (κ3) is 1.50.